The predicted octanol–water partition coefficient (Wildman–Crippen LogP) is 15.2. The van der Waals surface area contributed by atoms with Crippen molar-refractivity contribution in [2.75, 3.05) is 4.90 Å². The molecule has 0 saturated carbocycles. The number of furan rings is 1. The zero-order chi connectivity index (χ0) is 37.7. The second kappa shape index (κ2) is 13.6. The molecule has 268 valence electrons. The molecule has 0 spiro atoms. The van der Waals surface area contributed by atoms with Crippen molar-refractivity contribution in [1.82, 2.24) is 4.57 Å². The molecule has 0 unspecified atom stereocenters. The highest BCUT2D eigenvalue weighted by Crippen LogP contribution is 2.46. The molecular formula is C54H36N2O. The van der Waals surface area contributed by atoms with Crippen LogP contribution in [0.1, 0.15) is 0 Å². The van der Waals surface area contributed by atoms with Gasteiger partial charge in [-0.05, 0) is 88.0 Å². The van der Waals surface area contributed by atoms with Crippen LogP contribution in [-0.2, 0) is 0 Å². The number of anilines is 3. The van der Waals surface area contributed by atoms with Crippen LogP contribution in [-0.4, -0.2) is 4.57 Å². The lowest BCUT2D eigenvalue weighted by atomic mass is 9.92. The van der Waals surface area contributed by atoms with Crippen molar-refractivity contribution in [2.24, 2.45) is 0 Å². The molecule has 3 heteroatoms. The molecule has 0 saturated heterocycles. The third kappa shape index (κ3) is 5.51. The van der Waals surface area contributed by atoms with Crippen LogP contribution in [0.2, 0.25) is 0 Å². The lowest BCUT2D eigenvalue weighted by molar-refractivity contribution is 0.669. The molecule has 0 amide bonds. The van der Waals surface area contributed by atoms with Gasteiger partial charge >= 0.3 is 0 Å². The van der Waals surface area contributed by atoms with Gasteiger partial charge in [-0.2, -0.15) is 0 Å². The lowest BCUT2D eigenvalue weighted by Gasteiger charge is -2.26. The van der Waals surface area contributed by atoms with Crippen LogP contribution in [0.25, 0.3) is 82.8 Å². The van der Waals surface area contributed by atoms with Gasteiger partial charge in [0.2, 0.25) is 0 Å². The van der Waals surface area contributed by atoms with Crippen LogP contribution in [0, 0.1) is 0 Å². The maximum absolute atomic E-state index is 6.69. The van der Waals surface area contributed by atoms with Crippen molar-refractivity contribution in [1.29, 1.82) is 0 Å². The van der Waals surface area contributed by atoms with Crippen LogP contribution in [0.4, 0.5) is 17.1 Å². The molecule has 57 heavy (non-hydrogen) atoms. The van der Waals surface area contributed by atoms with Gasteiger partial charge in [0.1, 0.15) is 5.58 Å². The number of para-hydroxylation sites is 3. The zero-order valence-electron chi connectivity index (χ0n) is 31.1. The largest absolute Gasteiger partial charge is 0.454 e. The number of aromatic nitrogens is 1. The summed E-state index contributed by atoms with van der Waals surface area (Å²) in [7, 11) is 0. The van der Waals surface area contributed by atoms with E-state index in [-0.39, 0.29) is 0 Å². The molecule has 0 atom stereocenters. The molecule has 0 fully saturated rings. The third-order valence-electron chi connectivity index (χ3n) is 11.2. The minimum atomic E-state index is 0.856. The van der Waals surface area contributed by atoms with E-state index in [1.165, 1.54) is 44.2 Å². The molecule has 0 aliphatic carbocycles. The topological polar surface area (TPSA) is 21.3 Å². The van der Waals surface area contributed by atoms with Gasteiger partial charge in [-0.25, -0.2) is 0 Å². The fourth-order valence-electron chi connectivity index (χ4n) is 8.63. The molecule has 3 nitrogen and oxygen atoms in total. The van der Waals surface area contributed by atoms with Gasteiger partial charge in [-0.15, -0.1) is 0 Å². The first-order valence-corrected chi connectivity index (χ1v) is 19.4. The van der Waals surface area contributed by atoms with Gasteiger partial charge in [-0.1, -0.05) is 164 Å². The van der Waals surface area contributed by atoms with E-state index < -0.39 is 0 Å². The molecule has 11 rings (SSSR count). The van der Waals surface area contributed by atoms with Crippen LogP contribution in [0.15, 0.2) is 223 Å². The second-order valence-corrected chi connectivity index (χ2v) is 14.5. The summed E-state index contributed by atoms with van der Waals surface area (Å²) in [6, 6.07) is 78.0. The molecule has 2 heterocycles. The number of nitrogens with zero attached hydrogens (tertiary/aromatic N) is 2. The van der Waals surface area contributed by atoms with Gasteiger partial charge in [0.05, 0.1) is 16.7 Å². The molecule has 0 radical (unpaired) electrons. The van der Waals surface area contributed by atoms with E-state index in [0.29, 0.717) is 0 Å². The van der Waals surface area contributed by atoms with E-state index in [2.05, 4.69) is 222 Å². The Hall–Kier alpha value is -7.62. The number of fused-ring (bicyclic) bond motifs is 6. The fraction of sp³-hybridized carbons (Fsp3) is 0. The van der Waals surface area contributed by atoms with E-state index in [1.54, 1.807) is 0 Å². The summed E-state index contributed by atoms with van der Waals surface area (Å²) < 4.78 is 9.11. The van der Waals surface area contributed by atoms with Gasteiger partial charge in [-0.3, -0.25) is 0 Å². The van der Waals surface area contributed by atoms with E-state index >= 15 is 0 Å². The first kappa shape index (κ1) is 32.8. The first-order valence-electron chi connectivity index (χ1n) is 19.4. The Bertz CT molecular complexity index is 3220. The average Bonchev–Trinajstić information content (AvgIpc) is 3.84. The second-order valence-electron chi connectivity index (χ2n) is 14.5. The lowest BCUT2D eigenvalue weighted by Crippen LogP contribution is -2.10. The van der Waals surface area contributed by atoms with Gasteiger partial charge < -0.3 is 13.9 Å². The molecule has 0 N–H and O–H groups in total. The number of benzene rings is 9. The quantitative estimate of drug-likeness (QED) is 0.163. The molecule has 9 aromatic carbocycles. The highest BCUT2D eigenvalue weighted by Gasteiger charge is 2.23. The minimum absolute atomic E-state index is 0.856. The van der Waals surface area contributed by atoms with E-state index in [4.69, 9.17) is 4.42 Å². The summed E-state index contributed by atoms with van der Waals surface area (Å²) in [5.74, 6) is 0. The average molecular weight is 729 g/mol. The van der Waals surface area contributed by atoms with Gasteiger partial charge in [0.25, 0.3) is 0 Å². The molecule has 0 aliphatic heterocycles. The Kier molecular flexibility index (Phi) is 7.82. The van der Waals surface area contributed by atoms with E-state index in [0.717, 1.165) is 55.7 Å². The highest BCUT2D eigenvalue weighted by molar-refractivity contribution is 6.18. The van der Waals surface area contributed by atoms with Crippen LogP contribution < -0.4 is 4.90 Å². The number of rotatable bonds is 7. The van der Waals surface area contributed by atoms with Crippen molar-refractivity contribution in [3.8, 4) is 39.1 Å². The van der Waals surface area contributed by atoms with E-state index in [1.807, 2.05) is 6.07 Å². The highest BCUT2D eigenvalue weighted by atomic mass is 16.3. The fourth-order valence-corrected chi connectivity index (χ4v) is 8.63. The summed E-state index contributed by atoms with van der Waals surface area (Å²) in [6.07, 6.45) is 0. The van der Waals surface area contributed by atoms with Crippen molar-refractivity contribution in [3.63, 3.8) is 0 Å². The summed E-state index contributed by atoms with van der Waals surface area (Å²) in [6.45, 7) is 0. The van der Waals surface area contributed by atoms with Gasteiger partial charge in [0.15, 0.2) is 5.58 Å². The summed E-state index contributed by atoms with van der Waals surface area (Å²) in [4.78, 5) is 2.34. The third-order valence-corrected chi connectivity index (χ3v) is 11.2. The smallest absolute Gasteiger partial charge is 0.159 e. The Morgan fingerprint density at radius 2 is 0.965 bits per heavy atom. The molecule has 11 aromatic rings. The normalized spacial score (nSPS) is 11.5. The maximum Gasteiger partial charge on any atom is 0.159 e. The van der Waals surface area contributed by atoms with E-state index in [9.17, 15) is 0 Å². The molecule has 2 aromatic heterocycles. The van der Waals surface area contributed by atoms with Crippen molar-refractivity contribution >= 4 is 60.8 Å². The van der Waals surface area contributed by atoms with Crippen LogP contribution in [0.3, 0.4) is 0 Å². The summed E-state index contributed by atoms with van der Waals surface area (Å²) in [5.41, 5.74) is 15.4. The maximum atomic E-state index is 6.69. The minimum Gasteiger partial charge on any atom is -0.454 e. The SMILES string of the molecule is c1ccc(-c2ccc(N(c3ccc4c5c(-c6ccccc6-c6ccccc6)cccc5n(-c5ccccc5)c4c3)c3cccc4c3oc3ccccc34)cc2)cc1. The number of hydrogen-bond donors (Lipinski definition) is 0. The number of hydrogen-bond acceptors (Lipinski definition) is 2. The van der Waals surface area contributed by atoms with Crippen LogP contribution >= 0.6 is 0 Å². The van der Waals surface area contributed by atoms with Gasteiger partial charge in [0, 0.05) is 38.6 Å². The van der Waals surface area contributed by atoms with Crippen LogP contribution in [0.5, 0.6) is 0 Å². The molecular weight excluding hydrogens is 693 g/mol. The summed E-state index contributed by atoms with van der Waals surface area (Å²) in [5, 5.41) is 4.62. The van der Waals surface area contributed by atoms with Crippen molar-refractivity contribution in [3.05, 3.63) is 218 Å². The Balaban J connectivity index is 1.18. The van der Waals surface area contributed by atoms with Crippen molar-refractivity contribution in [2.45, 2.75) is 0 Å². The zero-order valence-corrected chi connectivity index (χ0v) is 31.1. The molecule has 0 aliphatic rings. The Morgan fingerprint density at radius 1 is 0.368 bits per heavy atom. The van der Waals surface area contributed by atoms with Crippen molar-refractivity contribution < 1.29 is 4.42 Å². The monoisotopic (exact) mass is 728 g/mol. The molecule has 0 bridgehead atoms. The first-order chi connectivity index (χ1) is 28.3. The Labute approximate surface area is 330 Å². The Morgan fingerprint density at radius 3 is 1.75 bits per heavy atom. The predicted molar refractivity (Wildman–Crippen MR) is 239 cm³/mol. The summed E-state index contributed by atoms with van der Waals surface area (Å²) >= 11 is 0. The standard InChI is InChI=1S/C54H36N2O/c1-4-16-37(17-5-1)38-30-32-41(33-31-38)55(50-28-15-26-47-45-24-12-13-29-52(45)57-54(47)50)42-34-35-48-51(36-42)56(40-20-8-3-9-21-40)49-27-14-25-46(53(48)49)44-23-11-10-22-43(44)39-18-6-2-7-19-39/h1-36H.